The summed E-state index contributed by atoms with van der Waals surface area (Å²) in [7, 11) is -3.90. The molecule has 0 bridgehead atoms. The lowest BCUT2D eigenvalue weighted by molar-refractivity contribution is -0.385. The minimum Gasteiger partial charge on any atom is -0.340 e. The molecule has 1 saturated heterocycles. The maximum atomic E-state index is 12.8. The summed E-state index contributed by atoms with van der Waals surface area (Å²) in [5.74, 6) is -0.289. The molecule has 2 aromatic carbocycles. The molecular formula is C22H25N3O6S. The monoisotopic (exact) mass is 459 g/mol. The molecule has 1 amide bonds. The third-order valence-electron chi connectivity index (χ3n) is 5.52. The standard InChI is InChI=1S/C22H25N3O6S/c1-16-6-7-17(2)20(14-16)21(26)8-9-22(27)23-10-12-24(13-11-23)32(30,31)19-5-3-4-18(15-19)25(28)29/h3-7,14-15H,8-13H2,1-2H3. The van der Waals surface area contributed by atoms with Crippen LogP contribution in [0, 0.1) is 24.0 Å². The number of carbonyl (C=O) groups is 2. The van der Waals surface area contributed by atoms with Crippen molar-refractivity contribution >= 4 is 27.4 Å². The molecule has 0 N–H and O–H groups in total. The average Bonchev–Trinajstić information content (AvgIpc) is 2.79. The lowest BCUT2D eigenvalue weighted by Gasteiger charge is -2.34. The molecule has 3 rings (SSSR count). The van der Waals surface area contributed by atoms with E-state index in [4.69, 9.17) is 0 Å². The van der Waals surface area contributed by atoms with Crippen molar-refractivity contribution in [3.8, 4) is 0 Å². The van der Waals surface area contributed by atoms with Crippen LogP contribution in [0.1, 0.15) is 34.3 Å². The van der Waals surface area contributed by atoms with Crippen LogP contribution in [0.25, 0.3) is 0 Å². The van der Waals surface area contributed by atoms with Crippen LogP contribution in [-0.4, -0.2) is 60.4 Å². The fraction of sp³-hybridized carbons (Fsp3) is 0.364. The molecule has 0 spiro atoms. The van der Waals surface area contributed by atoms with Crippen molar-refractivity contribution in [2.75, 3.05) is 26.2 Å². The molecule has 1 heterocycles. The van der Waals surface area contributed by atoms with Gasteiger partial charge in [-0.15, -0.1) is 0 Å². The Hall–Kier alpha value is -3.11. The Balaban J connectivity index is 1.57. The van der Waals surface area contributed by atoms with Crippen molar-refractivity contribution in [1.82, 2.24) is 9.21 Å². The van der Waals surface area contributed by atoms with Gasteiger partial charge in [-0.25, -0.2) is 8.42 Å². The Labute approximate surface area is 186 Å². The summed E-state index contributed by atoms with van der Waals surface area (Å²) in [4.78, 5) is 36.8. The molecule has 0 aromatic heterocycles. The van der Waals surface area contributed by atoms with Crippen LogP contribution in [0.2, 0.25) is 0 Å². The van der Waals surface area contributed by atoms with Crippen molar-refractivity contribution in [3.63, 3.8) is 0 Å². The molecule has 32 heavy (non-hydrogen) atoms. The molecule has 1 fully saturated rings. The first kappa shape index (κ1) is 23.6. The minimum atomic E-state index is -3.90. The van der Waals surface area contributed by atoms with Crippen molar-refractivity contribution < 1.29 is 22.9 Å². The SMILES string of the molecule is Cc1ccc(C)c(C(=O)CCC(=O)N2CCN(S(=O)(=O)c3cccc([N+](=O)[O-])c3)CC2)c1. The van der Waals surface area contributed by atoms with E-state index >= 15 is 0 Å². The molecule has 0 aliphatic carbocycles. The molecule has 9 nitrogen and oxygen atoms in total. The molecule has 0 unspecified atom stereocenters. The second-order valence-corrected chi connectivity index (χ2v) is 9.72. The highest BCUT2D eigenvalue weighted by atomic mass is 32.2. The van der Waals surface area contributed by atoms with Gasteiger partial charge in [0.2, 0.25) is 15.9 Å². The van der Waals surface area contributed by atoms with E-state index in [2.05, 4.69) is 0 Å². The molecule has 0 saturated carbocycles. The van der Waals surface area contributed by atoms with Crippen LogP contribution in [0.5, 0.6) is 0 Å². The molecule has 170 valence electrons. The summed E-state index contributed by atoms with van der Waals surface area (Å²) >= 11 is 0. The lowest BCUT2D eigenvalue weighted by Crippen LogP contribution is -2.50. The summed E-state index contributed by atoms with van der Waals surface area (Å²) in [6.45, 7) is 4.33. The first-order valence-electron chi connectivity index (χ1n) is 10.2. The number of piperazine rings is 1. The average molecular weight is 460 g/mol. The Morgan fingerprint density at radius 1 is 1.00 bits per heavy atom. The number of nitro groups is 1. The molecule has 2 aromatic rings. The number of carbonyl (C=O) groups excluding carboxylic acids is 2. The number of benzene rings is 2. The Morgan fingerprint density at radius 3 is 2.34 bits per heavy atom. The van der Waals surface area contributed by atoms with Crippen LogP contribution >= 0.6 is 0 Å². The van der Waals surface area contributed by atoms with E-state index in [0.717, 1.165) is 17.2 Å². The largest absolute Gasteiger partial charge is 0.340 e. The number of non-ortho nitro benzene ring substituents is 1. The normalized spacial score (nSPS) is 14.9. The number of nitrogens with zero attached hydrogens (tertiary/aromatic N) is 3. The summed E-state index contributed by atoms with van der Waals surface area (Å²) in [5.41, 5.74) is 2.17. The first-order valence-corrected chi connectivity index (χ1v) is 11.7. The quantitative estimate of drug-likeness (QED) is 0.357. The zero-order valence-corrected chi connectivity index (χ0v) is 18.8. The number of hydrogen-bond acceptors (Lipinski definition) is 6. The van der Waals surface area contributed by atoms with Gasteiger partial charge in [-0.1, -0.05) is 23.8 Å². The summed E-state index contributed by atoms with van der Waals surface area (Å²) in [6, 6.07) is 10.5. The van der Waals surface area contributed by atoms with E-state index in [1.54, 1.807) is 4.90 Å². The molecule has 0 atom stereocenters. The first-order chi connectivity index (χ1) is 15.1. The Bertz CT molecular complexity index is 1150. The zero-order valence-electron chi connectivity index (χ0n) is 18.0. The summed E-state index contributed by atoms with van der Waals surface area (Å²) in [6.07, 6.45) is 0.152. The molecule has 0 radical (unpaired) electrons. The van der Waals surface area contributed by atoms with E-state index < -0.39 is 14.9 Å². The minimum absolute atomic E-state index is 0.0594. The van der Waals surface area contributed by atoms with Crippen LogP contribution < -0.4 is 0 Å². The predicted octanol–water partition coefficient (Wildman–Crippen LogP) is 2.71. The van der Waals surface area contributed by atoms with Gasteiger partial charge in [0.1, 0.15) is 0 Å². The highest BCUT2D eigenvalue weighted by Crippen LogP contribution is 2.22. The van der Waals surface area contributed by atoms with Crippen molar-refractivity contribution in [2.24, 2.45) is 0 Å². The smallest absolute Gasteiger partial charge is 0.270 e. The van der Waals surface area contributed by atoms with E-state index in [0.29, 0.717) is 5.56 Å². The molecule has 1 aliphatic heterocycles. The number of hydrogen-bond donors (Lipinski definition) is 0. The van der Waals surface area contributed by atoms with E-state index in [1.165, 1.54) is 22.5 Å². The highest BCUT2D eigenvalue weighted by Gasteiger charge is 2.31. The van der Waals surface area contributed by atoms with Crippen LogP contribution in [-0.2, 0) is 14.8 Å². The van der Waals surface area contributed by atoms with E-state index in [-0.39, 0.29) is 61.3 Å². The highest BCUT2D eigenvalue weighted by molar-refractivity contribution is 7.89. The number of aryl methyl sites for hydroxylation is 2. The maximum Gasteiger partial charge on any atom is 0.270 e. The van der Waals surface area contributed by atoms with Gasteiger partial charge in [0.25, 0.3) is 5.69 Å². The number of Topliss-reactive ketones (excluding diaryl/α,β-unsaturated/α-hetero) is 1. The fourth-order valence-corrected chi connectivity index (χ4v) is 5.10. The maximum absolute atomic E-state index is 12.8. The van der Waals surface area contributed by atoms with Crippen LogP contribution in [0.4, 0.5) is 5.69 Å². The predicted molar refractivity (Wildman–Crippen MR) is 118 cm³/mol. The van der Waals surface area contributed by atoms with Crippen molar-refractivity contribution in [2.45, 2.75) is 31.6 Å². The van der Waals surface area contributed by atoms with Crippen LogP contribution in [0.15, 0.2) is 47.4 Å². The van der Waals surface area contributed by atoms with Gasteiger partial charge in [0, 0.05) is 56.7 Å². The summed E-state index contributed by atoms with van der Waals surface area (Å²) < 4.78 is 26.9. The number of ketones is 1. The van der Waals surface area contributed by atoms with Gasteiger partial charge in [-0.2, -0.15) is 4.31 Å². The van der Waals surface area contributed by atoms with Gasteiger partial charge < -0.3 is 4.90 Å². The molecule has 1 aliphatic rings. The van der Waals surface area contributed by atoms with Crippen molar-refractivity contribution in [3.05, 3.63) is 69.3 Å². The number of nitro benzene ring substituents is 1. The molecular weight excluding hydrogens is 434 g/mol. The van der Waals surface area contributed by atoms with Gasteiger partial charge in [0.15, 0.2) is 5.78 Å². The number of amides is 1. The van der Waals surface area contributed by atoms with E-state index in [1.807, 2.05) is 32.0 Å². The summed E-state index contributed by atoms with van der Waals surface area (Å²) in [5, 5.41) is 10.9. The van der Waals surface area contributed by atoms with E-state index in [9.17, 15) is 28.1 Å². The lowest BCUT2D eigenvalue weighted by atomic mass is 9.99. The second-order valence-electron chi connectivity index (χ2n) is 7.78. The Kier molecular flexibility index (Phi) is 7.05. The fourth-order valence-electron chi connectivity index (χ4n) is 3.63. The number of sulfonamides is 1. The van der Waals surface area contributed by atoms with Gasteiger partial charge in [0.05, 0.1) is 9.82 Å². The Morgan fingerprint density at radius 2 is 1.69 bits per heavy atom. The zero-order chi connectivity index (χ0) is 23.5. The number of rotatable bonds is 7. The topological polar surface area (TPSA) is 118 Å². The second kappa shape index (κ2) is 9.58. The van der Waals surface area contributed by atoms with Gasteiger partial charge in [-0.3, -0.25) is 19.7 Å². The van der Waals surface area contributed by atoms with Gasteiger partial charge >= 0.3 is 0 Å². The van der Waals surface area contributed by atoms with Crippen LogP contribution in [0.3, 0.4) is 0 Å². The van der Waals surface area contributed by atoms with Crippen molar-refractivity contribution in [1.29, 1.82) is 0 Å². The third-order valence-corrected chi connectivity index (χ3v) is 7.41. The van der Waals surface area contributed by atoms with Gasteiger partial charge in [-0.05, 0) is 31.5 Å². The third kappa shape index (κ3) is 5.20. The molecule has 10 heteroatoms.